The Bertz CT molecular complexity index is 602. The van der Waals surface area contributed by atoms with E-state index in [1.807, 2.05) is 0 Å². The predicted molar refractivity (Wildman–Crippen MR) is 87.6 cm³/mol. The quantitative estimate of drug-likeness (QED) is 0.930. The standard InChI is InChI=1S/C20H26O3/c1-22-17-4-2-16(3-5-17)20(12-23-13-20)18-7-14-6-15(8-18)10-19(21,9-14)11-18/h2-5,14-15,21H,6-13H2,1H3. The Labute approximate surface area is 138 Å². The fraction of sp³-hybridized carbons (Fsp3) is 0.700. The molecule has 0 spiro atoms. The lowest BCUT2D eigenvalue weighted by Gasteiger charge is -2.68. The van der Waals surface area contributed by atoms with Gasteiger partial charge in [-0.3, -0.25) is 0 Å². The molecule has 4 bridgehead atoms. The van der Waals surface area contributed by atoms with Crippen LogP contribution in [-0.2, 0) is 10.2 Å². The molecule has 0 aromatic heterocycles. The molecule has 0 amide bonds. The first-order chi connectivity index (χ1) is 11.1. The predicted octanol–water partition coefficient (Wildman–Crippen LogP) is 3.29. The van der Waals surface area contributed by atoms with Crippen molar-refractivity contribution in [2.24, 2.45) is 17.3 Å². The summed E-state index contributed by atoms with van der Waals surface area (Å²) >= 11 is 0. The lowest BCUT2D eigenvalue weighted by molar-refractivity contribution is -0.234. The molecule has 6 rings (SSSR count). The molecule has 1 aliphatic heterocycles. The fourth-order valence-electron chi connectivity index (χ4n) is 6.77. The Kier molecular flexibility index (Phi) is 2.81. The minimum atomic E-state index is -0.404. The Morgan fingerprint density at radius 3 is 2.17 bits per heavy atom. The molecule has 3 heteroatoms. The average molecular weight is 314 g/mol. The number of rotatable bonds is 3. The first-order valence-corrected chi connectivity index (χ1v) is 9.01. The van der Waals surface area contributed by atoms with Gasteiger partial charge in [0.1, 0.15) is 5.75 Å². The Morgan fingerprint density at radius 2 is 1.70 bits per heavy atom. The molecule has 2 atom stereocenters. The smallest absolute Gasteiger partial charge is 0.118 e. The minimum Gasteiger partial charge on any atom is -0.497 e. The third-order valence-corrected chi connectivity index (χ3v) is 7.38. The van der Waals surface area contributed by atoms with Gasteiger partial charge in [-0.05, 0) is 73.5 Å². The van der Waals surface area contributed by atoms with E-state index in [1.165, 1.54) is 24.8 Å². The van der Waals surface area contributed by atoms with E-state index in [2.05, 4.69) is 24.3 Å². The van der Waals surface area contributed by atoms with E-state index in [1.54, 1.807) is 7.11 Å². The first-order valence-electron chi connectivity index (χ1n) is 9.01. The van der Waals surface area contributed by atoms with E-state index >= 15 is 0 Å². The van der Waals surface area contributed by atoms with Crippen molar-refractivity contribution < 1.29 is 14.6 Å². The van der Waals surface area contributed by atoms with Gasteiger partial charge in [-0.1, -0.05) is 12.1 Å². The van der Waals surface area contributed by atoms with Crippen molar-refractivity contribution >= 4 is 0 Å². The molecule has 0 radical (unpaired) electrons. The van der Waals surface area contributed by atoms with Gasteiger partial charge in [-0.25, -0.2) is 0 Å². The van der Waals surface area contributed by atoms with Crippen LogP contribution < -0.4 is 4.74 Å². The Hall–Kier alpha value is -1.06. The zero-order valence-corrected chi connectivity index (χ0v) is 13.9. The summed E-state index contributed by atoms with van der Waals surface area (Å²) in [4.78, 5) is 0. The summed E-state index contributed by atoms with van der Waals surface area (Å²) < 4.78 is 11.1. The van der Waals surface area contributed by atoms with E-state index in [9.17, 15) is 5.11 Å². The van der Waals surface area contributed by atoms with E-state index in [0.29, 0.717) is 0 Å². The van der Waals surface area contributed by atoms with Crippen LogP contribution in [0.4, 0.5) is 0 Å². The summed E-state index contributed by atoms with van der Waals surface area (Å²) in [7, 11) is 1.71. The summed E-state index contributed by atoms with van der Waals surface area (Å²) in [6.07, 6.45) is 6.93. The zero-order chi connectivity index (χ0) is 15.7. The second-order valence-electron chi connectivity index (χ2n) is 8.77. The van der Waals surface area contributed by atoms with Gasteiger partial charge in [-0.15, -0.1) is 0 Å². The number of benzene rings is 1. The van der Waals surface area contributed by atoms with Gasteiger partial charge in [0.2, 0.25) is 0 Å². The van der Waals surface area contributed by atoms with Crippen LogP contribution in [0.5, 0.6) is 5.75 Å². The van der Waals surface area contributed by atoms with Crippen LogP contribution in [0, 0.1) is 17.3 Å². The van der Waals surface area contributed by atoms with Gasteiger partial charge < -0.3 is 14.6 Å². The molecule has 4 saturated carbocycles. The summed E-state index contributed by atoms with van der Waals surface area (Å²) in [5.74, 6) is 2.35. The maximum Gasteiger partial charge on any atom is 0.118 e. The minimum absolute atomic E-state index is 0.102. The molecule has 124 valence electrons. The molecule has 5 fully saturated rings. The SMILES string of the molecule is COc1ccc(C2(C34CC5CC(CC(O)(C5)C3)C4)COC2)cc1. The van der Waals surface area contributed by atoms with Gasteiger partial charge in [0.05, 0.1) is 25.9 Å². The highest BCUT2D eigenvalue weighted by molar-refractivity contribution is 5.38. The molecular weight excluding hydrogens is 288 g/mol. The molecule has 3 nitrogen and oxygen atoms in total. The van der Waals surface area contributed by atoms with Crippen molar-refractivity contribution in [1.29, 1.82) is 0 Å². The van der Waals surface area contributed by atoms with E-state index in [0.717, 1.165) is 50.1 Å². The number of aliphatic hydroxyl groups is 1. The third kappa shape index (κ3) is 1.84. The monoisotopic (exact) mass is 314 g/mol. The molecule has 23 heavy (non-hydrogen) atoms. The number of ether oxygens (including phenoxy) is 2. The van der Waals surface area contributed by atoms with E-state index in [4.69, 9.17) is 9.47 Å². The van der Waals surface area contributed by atoms with Crippen molar-refractivity contribution in [1.82, 2.24) is 0 Å². The van der Waals surface area contributed by atoms with Crippen LogP contribution in [0.25, 0.3) is 0 Å². The largest absolute Gasteiger partial charge is 0.497 e. The molecule has 4 aliphatic carbocycles. The Balaban J connectivity index is 1.57. The topological polar surface area (TPSA) is 38.7 Å². The average Bonchev–Trinajstić information content (AvgIpc) is 2.43. The van der Waals surface area contributed by atoms with E-state index < -0.39 is 5.60 Å². The van der Waals surface area contributed by atoms with Crippen LogP contribution in [0.3, 0.4) is 0 Å². The lowest BCUT2D eigenvalue weighted by Crippen LogP contribution is -2.68. The van der Waals surface area contributed by atoms with Crippen LogP contribution >= 0.6 is 0 Å². The van der Waals surface area contributed by atoms with Gasteiger partial charge >= 0.3 is 0 Å². The van der Waals surface area contributed by atoms with Crippen LogP contribution in [0.1, 0.15) is 44.1 Å². The fourth-order valence-corrected chi connectivity index (χ4v) is 6.77. The Morgan fingerprint density at radius 1 is 1.04 bits per heavy atom. The van der Waals surface area contributed by atoms with Crippen LogP contribution in [0.15, 0.2) is 24.3 Å². The van der Waals surface area contributed by atoms with Crippen LogP contribution in [-0.4, -0.2) is 31.0 Å². The highest BCUT2D eigenvalue weighted by atomic mass is 16.5. The van der Waals surface area contributed by atoms with Crippen molar-refractivity contribution in [3.05, 3.63) is 29.8 Å². The molecule has 1 aromatic rings. The molecule has 2 unspecified atom stereocenters. The summed E-state index contributed by atoms with van der Waals surface area (Å²) in [6, 6.07) is 8.60. The highest BCUT2D eigenvalue weighted by Crippen LogP contribution is 2.68. The first kappa shape index (κ1) is 14.3. The van der Waals surface area contributed by atoms with Gasteiger partial charge in [0, 0.05) is 5.41 Å². The maximum absolute atomic E-state index is 11.1. The summed E-state index contributed by atoms with van der Waals surface area (Å²) in [5.41, 5.74) is 1.32. The molecule has 1 saturated heterocycles. The molecular formula is C20H26O3. The normalized spacial score (nSPS) is 43.2. The van der Waals surface area contributed by atoms with Crippen molar-refractivity contribution in [3.63, 3.8) is 0 Å². The van der Waals surface area contributed by atoms with Gasteiger partial charge in [-0.2, -0.15) is 0 Å². The van der Waals surface area contributed by atoms with Gasteiger partial charge in [0.25, 0.3) is 0 Å². The van der Waals surface area contributed by atoms with Crippen molar-refractivity contribution in [3.8, 4) is 5.75 Å². The summed E-state index contributed by atoms with van der Waals surface area (Å²) in [5, 5.41) is 11.1. The lowest BCUT2D eigenvalue weighted by atomic mass is 9.40. The molecule has 1 heterocycles. The zero-order valence-electron chi connectivity index (χ0n) is 13.9. The summed E-state index contributed by atoms with van der Waals surface area (Å²) in [6.45, 7) is 1.63. The molecule has 1 aromatic carbocycles. The number of hydrogen-bond donors (Lipinski definition) is 1. The second kappa shape index (κ2) is 4.52. The number of hydrogen-bond acceptors (Lipinski definition) is 3. The number of methoxy groups -OCH3 is 1. The van der Waals surface area contributed by atoms with Crippen molar-refractivity contribution in [2.45, 2.75) is 49.5 Å². The van der Waals surface area contributed by atoms with Gasteiger partial charge in [0.15, 0.2) is 0 Å². The van der Waals surface area contributed by atoms with Crippen LogP contribution in [0.2, 0.25) is 0 Å². The maximum atomic E-state index is 11.1. The molecule has 5 aliphatic rings. The van der Waals surface area contributed by atoms with E-state index in [-0.39, 0.29) is 10.8 Å². The highest BCUT2D eigenvalue weighted by Gasteiger charge is 2.66. The molecule has 1 N–H and O–H groups in total. The van der Waals surface area contributed by atoms with Crippen molar-refractivity contribution in [2.75, 3.05) is 20.3 Å². The second-order valence-corrected chi connectivity index (χ2v) is 8.77. The third-order valence-electron chi connectivity index (χ3n) is 7.38.